The monoisotopic (exact) mass is 431 g/mol. The minimum atomic E-state index is -0.260. The third-order valence-corrected chi connectivity index (χ3v) is 7.36. The molecule has 2 aliphatic rings. The Morgan fingerprint density at radius 3 is 2.50 bits per heavy atom. The number of aromatic nitrogens is 2. The molecule has 2 aromatic rings. The summed E-state index contributed by atoms with van der Waals surface area (Å²) >= 11 is 1.43. The van der Waals surface area contributed by atoms with Gasteiger partial charge in [0.2, 0.25) is 0 Å². The molecule has 1 aliphatic heterocycles. The molecule has 30 heavy (non-hydrogen) atoms. The minimum Gasteiger partial charge on any atom is -0.462 e. The van der Waals surface area contributed by atoms with Crippen molar-refractivity contribution in [3.8, 4) is 0 Å². The van der Waals surface area contributed by atoms with Gasteiger partial charge in [0.15, 0.2) is 0 Å². The first-order chi connectivity index (χ1) is 14.5. The number of fused-ring (bicyclic) bond motifs is 1. The molecule has 1 saturated heterocycles. The van der Waals surface area contributed by atoms with Crippen LogP contribution in [-0.2, 0) is 11.3 Å². The van der Waals surface area contributed by atoms with E-state index in [0.717, 1.165) is 59.6 Å². The van der Waals surface area contributed by atoms with Gasteiger partial charge in [-0.3, -0.25) is 4.90 Å². The van der Waals surface area contributed by atoms with Crippen LogP contribution in [0.5, 0.6) is 0 Å². The molecule has 2 aromatic heterocycles. The number of rotatable bonds is 6. The Morgan fingerprint density at radius 1 is 1.17 bits per heavy atom. The highest BCUT2D eigenvalue weighted by Crippen LogP contribution is 2.37. The Balaban J connectivity index is 1.67. The number of piperazine rings is 1. The van der Waals surface area contributed by atoms with Gasteiger partial charge in [0, 0.05) is 32.2 Å². The molecule has 8 heteroatoms. The quantitative estimate of drug-likeness (QED) is 0.650. The van der Waals surface area contributed by atoms with E-state index in [1.165, 1.54) is 37.0 Å². The maximum atomic E-state index is 12.5. The lowest BCUT2D eigenvalue weighted by Gasteiger charge is -2.39. The van der Waals surface area contributed by atoms with Crippen molar-refractivity contribution in [3.05, 3.63) is 16.3 Å². The average molecular weight is 432 g/mol. The summed E-state index contributed by atoms with van der Waals surface area (Å²) in [5, 5.41) is 1.01. The first kappa shape index (κ1) is 21.5. The molecule has 0 atom stereocenters. The predicted octanol–water partition coefficient (Wildman–Crippen LogP) is 3.30. The molecule has 0 amide bonds. The van der Waals surface area contributed by atoms with Gasteiger partial charge in [0.25, 0.3) is 0 Å². The van der Waals surface area contributed by atoms with Gasteiger partial charge in [-0.2, -0.15) is 0 Å². The van der Waals surface area contributed by atoms with Crippen LogP contribution in [0.3, 0.4) is 0 Å². The molecule has 0 aromatic carbocycles. The smallest absolute Gasteiger partial charge is 0.348 e. The summed E-state index contributed by atoms with van der Waals surface area (Å²) < 4.78 is 5.28. The molecule has 3 heterocycles. The Kier molecular flexibility index (Phi) is 6.55. The maximum Gasteiger partial charge on any atom is 0.348 e. The van der Waals surface area contributed by atoms with Crippen LogP contribution in [-0.4, -0.2) is 78.7 Å². The van der Waals surface area contributed by atoms with Crippen molar-refractivity contribution in [1.29, 1.82) is 0 Å². The van der Waals surface area contributed by atoms with E-state index >= 15 is 0 Å². The fraction of sp³-hybridized carbons (Fsp3) is 0.682. The molecule has 164 valence electrons. The van der Waals surface area contributed by atoms with Crippen molar-refractivity contribution in [2.45, 2.75) is 52.1 Å². The predicted molar refractivity (Wildman–Crippen MR) is 122 cm³/mol. The molecule has 0 N–H and O–H groups in total. The first-order valence-electron chi connectivity index (χ1n) is 11.1. The highest BCUT2D eigenvalue weighted by molar-refractivity contribution is 7.20. The number of hydrogen-bond acceptors (Lipinski definition) is 8. The second-order valence-corrected chi connectivity index (χ2v) is 9.62. The van der Waals surface area contributed by atoms with E-state index in [4.69, 9.17) is 14.7 Å². The number of carbonyl (C=O) groups is 1. The second-order valence-electron chi connectivity index (χ2n) is 8.62. The Bertz CT molecular complexity index is 899. The van der Waals surface area contributed by atoms with Crippen molar-refractivity contribution < 1.29 is 9.53 Å². The molecule has 0 spiro atoms. The van der Waals surface area contributed by atoms with Crippen LogP contribution in [0.15, 0.2) is 0 Å². The van der Waals surface area contributed by atoms with Gasteiger partial charge in [-0.1, -0.05) is 12.8 Å². The van der Waals surface area contributed by atoms with E-state index in [9.17, 15) is 4.79 Å². The van der Waals surface area contributed by atoms with Gasteiger partial charge in [-0.15, -0.1) is 11.3 Å². The lowest BCUT2D eigenvalue weighted by Crippen LogP contribution is -2.50. The third kappa shape index (κ3) is 4.31. The van der Waals surface area contributed by atoms with Crippen LogP contribution in [0.25, 0.3) is 10.2 Å². The standard InChI is InChI=1S/C22H33N5O2S/c1-5-29-22(28)19-15(2)18-20(23-17(14-25(3)4)24-21(18)30-19)27-12-10-26(11-13-27)16-8-6-7-9-16/h16H,5-14H2,1-4H3. The third-order valence-electron chi connectivity index (χ3n) is 6.19. The Labute approximate surface area is 183 Å². The van der Waals surface area contributed by atoms with Crippen LogP contribution in [0.4, 0.5) is 5.82 Å². The minimum absolute atomic E-state index is 0.260. The molecule has 4 rings (SSSR count). The van der Waals surface area contributed by atoms with Crippen LogP contribution in [0.2, 0.25) is 0 Å². The topological polar surface area (TPSA) is 61.8 Å². The van der Waals surface area contributed by atoms with E-state index in [1.54, 1.807) is 0 Å². The number of ether oxygens (including phenoxy) is 1. The summed E-state index contributed by atoms with van der Waals surface area (Å²) in [6.07, 6.45) is 5.43. The van der Waals surface area contributed by atoms with Crippen LogP contribution >= 0.6 is 11.3 Å². The number of esters is 1. The lowest BCUT2D eigenvalue weighted by molar-refractivity contribution is 0.0531. The zero-order valence-electron chi connectivity index (χ0n) is 18.6. The highest BCUT2D eigenvalue weighted by atomic mass is 32.1. The zero-order chi connectivity index (χ0) is 21.3. The Hall–Kier alpha value is -1.77. The normalized spacial score (nSPS) is 18.6. The highest BCUT2D eigenvalue weighted by Gasteiger charge is 2.29. The molecule has 0 radical (unpaired) electrons. The summed E-state index contributed by atoms with van der Waals surface area (Å²) in [6.45, 7) is 8.97. The molecule has 0 unspecified atom stereocenters. The summed E-state index contributed by atoms with van der Waals surface area (Å²) in [7, 11) is 4.05. The first-order valence-corrected chi connectivity index (χ1v) is 11.9. The van der Waals surface area contributed by atoms with Crippen molar-refractivity contribution in [1.82, 2.24) is 19.8 Å². The van der Waals surface area contributed by atoms with Gasteiger partial charge in [0.05, 0.1) is 18.5 Å². The fourth-order valence-corrected chi connectivity index (χ4v) is 5.79. The van der Waals surface area contributed by atoms with E-state index in [-0.39, 0.29) is 5.97 Å². The molecule has 1 aliphatic carbocycles. The van der Waals surface area contributed by atoms with Gasteiger partial charge >= 0.3 is 5.97 Å². The average Bonchev–Trinajstić information content (AvgIpc) is 3.36. The van der Waals surface area contributed by atoms with Gasteiger partial charge in [0.1, 0.15) is 21.3 Å². The van der Waals surface area contributed by atoms with E-state index < -0.39 is 0 Å². The summed E-state index contributed by atoms with van der Waals surface area (Å²) in [4.78, 5) is 30.9. The lowest BCUT2D eigenvalue weighted by atomic mass is 10.1. The van der Waals surface area contributed by atoms with E-state index in [2.05, 4.69) is 14.7 Å². The number of anilines is 1. The molecule has 0 bridgehead atoms. The molecule has 2 fully saturated rings. The second kappa shape index (κ2) is 9.16. The zero-order valence-corrected chi connectivity index (χ0v) is 19.4. The van der Waals surface area contributed by atoms with Crippen molar-refractivity contribution in [2.24, 2.45) is 0 Å². The summed E-state index contributed by atoms with van der Waals surface area (Å²) in [5.74, 6) is 1.52. The largest absolute Gasteiger partial charge is 0.462 e. The van der Waals surface area contributed by atoms with Crippen molar-refractivity contribution in [2.75, 3.05) is 51.8 Å². The number of thiophene rings is 1. The summed E-state index contributed by atoms with van der Waals surface area (Å²) in [5.41, 5.74) is 0.943. The van der Waals surface area contributed by atoms with Gasteiger partial charge in [-0.05, 0) is 46.3 Å². The van der Waals surface area contributed by atoms with E-state index in [1.807, 2.05) is 27.9 Å². The number of aryl methyl sites for hydroxylation is 1. The van der Waals surface area contributed by atoms with Crippen molar-refractivity contribution in [3.63, 3.8) is 0 Å². The van der Waals surface area contributed by atoms with Crippen LogP contribution in [0, 0.1) is 6.92 Å². The Morgan fingerprint density at radius 2 is 1.87 bits per heavy atom. The summed E-state index contributed by atoms with van der Waals surface area (Å²) in [6, 6.07) is 0.764. The van der Waals surface area contributed by atoms with Crippen LogP contribution < -0.4 is 4.90 Å². The van der Waals surface area contributed by atoms with Crippen molar-refractivity contribution >= 4 is 33.3 Å². The number of nitrogens with zero attached hydrogens (tertiary/aromatic N) is 5. The van der Waals surface area contributed by atoms with Crippen LogP contribution in [0.1, 0.15) is 53.7 Å². The molecular formula is C22H33N5O2S. The molecular weight excluding hydrogens is 398 g/mol. The molecule has 7 nitrogen and oxygen atoms in total. The van der Waals surface area contributed by atoms with Gasteiger partial charge in [-0.25, -0.2) is 14.8 Å². The van der Waals surface area contributed by atoms with Gasteiger partial charge < -0.3 is 14.5 Å². The SMILES string of the molecule is CCOC(=O)c1sc2nc(CN(C)C)nc(N3CCN(C4CCCC4)CC3)c2c1C. The maximum absolute atomic E-state index is 12.5. The fourth-order valence-electron chi connectivity index (χ4n) is 4.70. The number of carbonyl (C=O) groups excluding carboxylic acids is 1. The molecule has 1 saturated carbocycles. The number of hydrogen-bond donors (Lipinski definition) is 0. The van der Waals surface area contributed by atoms with E-state index in [0.29, 0.717) is 18.0 Å².